The van der Waals surface area contributed by atoms with Crippen LogP contribution in [0.15, 0.2) is 49.1 Å². The van der Waals surface area contributed by atoms with E-state index in [0.717, 1.165) is 12.8 Å². The van der Waals surface area contributed by atoms with Crippen LogP contribution in [-0.4, -0.2) is 39.6 Å². The van der Waals surface area contributed by atoms with E-state index in [4.69, 9.17) is 18.9 Å². The molecule has 28 heavy (non-hydrogen) atoms. The predicted octanol–water partition coefficient (Wildman–Crippen LogP) is 4.73. The Morgan fingerprint density at radius 3 is 2.32 bits per heavy atom. The van der Waals surface area contributed by atoms with Gasteiger partial charge in [0.1, 0.15) is 5.75 Å². The second-order valence-corrected chi connectivity index (χ2v) is 6.44. The Bertz CT molecular complexity index is 742. The van der Waals surface area contributed by atoms with Crippen molar-refractivity contribution in [3.63, 3.8) is 0 Å². The van der Waals surface area contributed by atoms with Crippen LogP contribution in [0.25, 0.3) is 0 Å². The molecule has 2 aromatic carbocycles. The first-order valence-electron chi connectivity index (χ1n) is 9.40. The topological polar surface area (TPSA) is 57.2 Å². The molecule has 2 rings (SSSR count). The van der Waals surface area contributed by atoms with Gasteiger partial charge in [0.15, 0.2) is 11.5 Å². The Kier molecular flexibility index (Phi) is 8.69. The molecular formula is C23H30O5. The van der Waals surface area contributed by atoms with Crippen LogP contribution in [0.3, 0.4) is 0 Å². The fourth-order valence-electron chi connectivity index (χ4n) is 3.36. The molecule has 0 aromatic heterocycles. The average molecular weight is 386 g/mol. The van der Waals surface area contributed by atoms with Crippen LogP contribution in [-0.2, 0) is 11.2 Å². The van der Waals surface area contributed by atoms with Crippen molar-refractivity contribution >= 4 is 0 Å². The lowest BCUT2D eigenvalue weighted by Gasteiger charge is -2.20. The average Bonchev–Trinajstić information content (AvgIpc) is 2.73. The molecular weight excluding hydrogens is 356 g/mol. The van der Waals surface area contributed by atoms with E-state index in [9.17, 15) is 5.11 Å². The smallest absolute Gasteiger partial charge is 0.203 e. The van der Waals surface area contributed by atoms with Crippen LogP contribution in [0.1, 0.15) is 29.9 Å². The van der Waals surface area contributed by atoms with E-state index in [-0.39, 0.29) is 5.75 Å². The van der Waals surface area contributed by atoms with Gasteiger partial charge in [-0.15, -0.1) is 6.58 Å². The minimum atomic E-state index is 0.143. The van der Waals surface area contributed by atoms with E-state index >= 15 is 0 Å². The van der Waals surface area contributed by atoms with Gasteiger partial charge in [-0.05, 0) is 30.7 Å². The second kappa shape index (κ2) is 11.2. The Balaban J connectivity index is 2.23. The number of phenolic OH excluding ortho intramolecular Hbond substituents is 1. The van der Waals surface area contributed by atoms with E-state index in [1.807, 2.05) is 18.2 Å². The molecule has 0 radical (unpaired) electrons. The molecule has 0 spiro atoms. The summed E-state index contributed by atoms with van der Waals surface area (Å²) in [6, 6.07) is 11.9. The molecule has 0 aliphatic heterocycles. The number of ether oxygens (including phenoxy) is 4. The lowest BCUT2D eigenvalue weighted by Crippen LogP contribution is -2.07. The quantitative estimate of drug-likeness (QED) is 0.422. The Morgan fingerprint density at radius 1 is 1.00 bits per heavy atom. The molecule has 152 valence electrons. The van der Waals surface area contributed by atoms with Crippen molar-refractivity contribution < 1.29 is 24.1 Å². The standard InChI is InChI=1S/C23H30O5/c1-5-14-28-15-13-18(17-9-7-6-8-10-17)11-12-19-20(24)16-21(25-2)23(27-4)22(19)26-3/h5-10,16,18,24H,1,11-15H2,2-4H3. The summed E-state index contributed by atoms with van der Waals surface area (Å²) in [7, 11) is 4.66. The first-order chi connectivity index (χ1) is 13.7. The third-order valence-electron chi connectivity index (χ3n) is 4.77. The minimum Gasteiger partial charge on any atom is -0.507 e. The van der Waals surface area contributed by atoms with Crippen molar-refractivity contribution in [2.45, 2.75) is 25.2 Å². The maximum Gasteiger partial charge on any atom is 0.203 e. The van der Waals surface area contributed by atoms with Gasteiger partial charge in [-0.2, -0.15) is 0 Å². The van der Waals surface area contributed by atoms with Crippen molar-refractivity contribution in [3.05, 3.63) is 60.2 Å². The van der Waals surface area contributed by atoms with Gasteiger partial charge in [-0.1, -0.05) is 36.4 Å². The Labute approximate surface area is 167 Å². The zero-order chi connectivity index (χ0) is 20.4. The summed E-state index contributed by atoms with van der Waals surface area (Å²) in [5.41, 5.74) is 1.97. The van der Waals surface area contributed by atoms with Crippen molar-refractivity contribution in [1.29, 1.82) is 0 Å². The lowest BCUT2D eigenvalue weighted by molar-refractivity contribution is 0.152. The monoisotopic (exact) mass is 386 g/mol. The molecule has 0 heterocycles. The lowest BCUT2D eigenvalue weighted by atomic mass is 9.89. The van der Waals surface area contributed by atoms with E-state index in [1.165, 1.54) is 12.7 Å². The highest BCUT2D eigenvalue weighted by atomic mass is 16.5. The number of rotatable bonds is 12. The van der Waals surface area contributed by atoms with Gasteiger partial charge in [-0.25, -0.2) is 0 Å². The van der Waals surface area contributed by atoms with Crippen molar-refractivity contribution in [3.8, 4) is 23.0 Å². The molecule has 0 aliphatic rings. The maximum atomic E-state index is 10.5. The van der Waals surface area contributed by atoms with Crippen LogP contribution in [0.4, 0.5) is 0 Å². The minimum absolute atomic E-state index is 0.143. The molecule has 0 aliphatic carbocycles. The molecule has 1 N–H and O–H groups in total. The Hall–Kier alpha value is -2.66. The molecule has 0 fully saturated rings. The first-order valence-corrected chi connectivity index (χ1v) is 9.40. The molecule has 5 nitrogen and oxygen atoms in total. The fourth-order valence-corrected chi connectivity index (χ4v) is 3.36. The molecule has 2 aromatic rings. The van der Waals surface area contributed by atoms with Gasteiger partial charge < -0.3 is 24.1 Å². The zero-order valence-electron chi connectivity index (χ0n) is 16.9. The highest BCUT2D eigenvalue weighted by Crippen LogP contribution is 2.45. The highest BCUT2D eigenvalue weighted by Gasteiger charge is 2.22. The summed E-state index contributed by atoms with van der Waals surface area (Å²) in [5, 5.41) is 10.5. The fraction of sp³-hybridized carbons (Fsp3) is 0.391. The molecule has 1 unspecified atom stereocenters. The first kappa shape index (κ1) is 21.6. The number of phenols is 1. The molecule has 0 bridgehead atoms. The third kappa shape index (κ3) is 5.42. The third-order valence-corrected chi connectivity index (χ3v) is 4.77. The van der Waals surface area contributed by atoms with Gasteiger partial charge in [0, 0.05) is 18.2 Å². The van der Waals surface area contributed by atoms with Gasteiger partial charge in [-0.3, -0.25) is 0 Å². The molecule has 0 amide bonds. The van der Waals surface area contributed by atoms with Crippen LogP contribution in [0.2, 0.25) is 0 Å². The number of benzene rings is 2. The van der Waals surface area contributed by atoms with Crippen LogP contribution in [0.5, 0.6) is 23.0 Å². The van der Waals surface area contributed by atoms with E-state index in [2.05, 4.69) is 18.7 Å². The van der Waals surface area contributed by atoms with Crippen molar-refractivity contribution in [2.24, 2.45) is 0 Å². The van der Waals surface area contributed by atoms with E-state index in [1.54, 1.807) is 26.4 Å². The van der Waals surface area contributed by atoms with E-state index < -0.39 is 0 Å². The number of aromatic hydroxyl groups is 1. The second-order valence-electron chi connectivity index (χ2n) is 6.44. The molecule has 0 saturated carbocycles. The highest BCUT2D eigenvalue weighted by molar-refractivity contribution is 5.61. The number of hydrogen-bond acceptors (Lipinski definition) is 5. The van der Waals surface area contributed by atoms with Gasteiger partial charge in [0.2, 0.25) is 5.75 Å². The van der Waals surface area contributed by atoms with Gasteiger partial charge in [0.25, 0.3) is 0 Å². The van der Waals surface area contributed by atoms with Gasteiger partial charge in [0.05, 0.1) is 27.9 Å². The number of hydrogen-bond donors (Lipinski definition) is 1. The largest absolute Gasteiger partial charge is 0.507 e. The summed E-state index contributed by atoms with van der Waals surface area (Å²) in [6.07, 6.45) is 4.11. The van der Waals surface area contributed by atoms with Crippen LogP contribution >= 0.6 is 0 Å². The van der Waals surface area contributed by atoms with E-state index in [0.29, 0.717) is 48.4 Å². The van der Waals surface area contributed by atoms with Crippen molar-refractivity contribution in [2.75, 3.05) is 34.5 Å². The Morgan fingerprint density at radius 2 is 1.71 bits per heavy atom. The van der Waals surface area contributed by atoms with Gasteiger partial charge >= 0.3 is 0 Å². The summed E-state index contributed by atoms with van der Waals surface area (Å²) < 4.78 is 21.9. The summed E-state index contributed by atoms with van der Waals surface area (Å²) in [4.78, 5) is 0. The van der Waals surface area contributed by atoms with Crippen molar-refractivity contribution in [1.82, 2.24) is 0 Å². The SMILES string of the molecule is C=CCOCCC(CCc1c(O)cc(OC)c(OC)c1OC)c1ccccc1. The maximum absolute atomic E-state index is 10.5. The molecule has 5 heteroatoms. The predicted molar refractivity (Wildman–Crippen MR) is 111 cm³/mol. The summed E-state index contributed by atoms with van der Waals surface area (Å²) >= 11 is 0. The summed E-state index contributed by atoms with van der Waals surface area (Å²) in [6.45, 7) is 4.88. The normalized spacial score (nSPS) is 11.7. The van der Waals surface area contributed by atoms with Crippen LogP contribution < -0.4 is 14.2 Å². The molecule has 1 atom stereocenters. The molecule has 0 saturated heterocycles. The van der Waals surface area contributed by atoms with Crippen LogP contribution in [0, 0.1) is 0 Å². The zero-order valence-corrected chi connectivity index (χ0v) is 16.9. The summed E-state index contributed by atoms with van der Waals surface area (Å²) in [5.74, 6) is 1.88. The number of methoxy groups -OCH3 is 3.